The number of hydrogen-bond acceptors (Lipinski definition) is 6. The summed E-state index contributed by atoms with van der Waals surface area (Å²) in [5.74, 6) is 0.0674. The van der Waals surface area contributed by atoms with Gasteiger partial charge < -0.3 is 20.5 Å². The van der Waals surface area contributed by atoms with Crippen molar-refractivity contribution in [2.24, 2.45) is 5.41 Å². The zero-order valence-electron chi connectivity index (χ0n) is 16.0. The van der Waals surface area contributed by atoms with Crippen LogP contribution in [0, 0.1) is 5.41 Å². The Balaban J connectivity index is 1.58. The highest BCUT2D eigenvalue weighted by molar-refractivity contribution is 7.13. The average Bonchev–Trinajstić information content (AvgIpc) is 3.21. The summed E-state index contributed by atoms with van der Waals surface area (Å²) in [6.07, 6.45) is 2.77. The monoisotopic (exact) mass is 401 g/mol. The van der Waals surface area contributed by atoms with Crippen molar-refractivity contribution >= 4 is 22.4 Å². The predicted octanol–water partition coefficient (Wildman–Crippen LogP) is 2.42. The Hall–Kier alpha value is -1.96. The van der Waals surface area contributed by atoms with Crippen LogP contribution in [-0.4, -0.2) is 53.8 Å². The molecule has 1 aromatic heterocycles. The summed E-state index contributed by atoms with van der Waals surface area (Å²) in [6, 6.07) is 10.4. The van der Waals surface area contributed by atoms with Gasteiger partial charge in [-0.05, 0) is 31.2 Å². The molecule has 28 heavy (non-hydrogen) atoms. The van der Waals surface area contributed by atoms with Crippen LogP contribution in [0.1, 0.15) is 36.9 Å². The lowest BCUT2D eigenvalue weighted by Gasteiger charge is -2.45. The number of amides is 1. The fourth-order valence-electron chi connectivity index (χ4n) is 4.59. The van der Waals surface area contributed by atoms with E-state index in [0.29, 0.717) is 44.3 Å². The molecule has 0 bridgehead atoms. The smallest absolute Gasteiger partial charge is 0.231 e. The maximum atomic E-state index is 13.3. The lowest BCUT2D eigenvalue weighted by molar-refractivity contribution is -0.153. The second-order valence-electron chi connectivity index (χ2n) is 7.86. The van der Waals surface area contributed by atoms with E-state index in [4.69, 9.17) is 10.5 Å². The van der Waals surface area contributed by atoms with Crippen molar-refractivity contribution in [2.75, 3.05) is 38.6 Å². The molecule has 3 heterocycles. The summed E-state index contributed by atoms with van der Waals surface area (Å²) in [7, 11) is 0. The van der Waals surface area contributed by atoms with E-state index in [1.165, 1.54) is 16.9 Å². The van der Waals surface area contributed by atoms with E-state index >= 15 is 0 Å². The number of rotatable bonds is 4. The fourth-order valence-corrected chi connectivity index (χ4v) is 5.25. The van der Waals surface area contributed by atoms with Crippen LogP contribution >= 0.6 is 11.3 Å². The fraction of sp³-hybridized carbons (Fsp3) is 0.524. The largest absolute Gasteiger partial charge is 0.395 e. The van der Waals surface area contributed by atoms with Crippen LogP contribution in [0.2, 0.25) is 0 Å². The second kappa shape index (κ2) is 7.81. The van der Waals surface area contributed by atoms with Crippen LogP contribution in [0.3, 0.4) is 0 Å². The van der Waals surface area contributed by atoms with Crippen LogP contribution in [0.5, 0.6) is 0 Å². The van der Waals surface area contributed by atoms with E-state index in [0.717, 1.165) is 18.5 Å². The van der Waals surface area contributed by atoms with Gasteiger partial charge in [-0.3, -0.25) is 4.79 Å². The summed E-state index contributed by atoms with van der Waals surface area (Å²) >= 11 is 1.46. The van der Waals surface area contributed by atoms with Crippen LogP contribution < -0.4 is 5.73 Å². The Morgan fingerprint density at radius 1 is 1.18 bits per heavy atom. The molecule has 2 aromatic rings. The van der Waals surface area contributed by atoms with Crippen LogP contribution in [0.25, 0.3) is 0 Å². The van der Waals surface area contributed by atoms with Crippen molar-refractivity contribution < 1.29 is 14.6 Å². The highest BCUT2D eigenvalue weighted by Gasteiger charge is 2.46. The molecule has 0 atom stereocenters. The molecule has 3 N–H and O–H groups in total. The standard InChI is InChI=1S/C21H27N3O3S/c22-19-23-17(14-28-19)21(16-4-2-1-3-5-16)6-10-24(11-7-21)18(26)20(15-25)8-12-27-13-9-20/h1-5,14,25H,6-13,15H2,(H2,22,23). The van der Waals surface area contributed by atoms with Gasteiger partial charge in [0.25, 0.3) is 0 Å². The Kier molecular flexibility index (Phi) is 5.40. The third-order valence-electron chi connectivity index (χ3n) is 6.45. The number of benzene rings is 1. The van der Waals surface area contributed by atoms with Gasteiger partial charge in [-0.25, -0.2) is 4.98 Å². The van der Waals surface area contributed by atoms with E-state index in [9.17, 15) is 9.90 Å². The summed E-state index contributed by atoms with van der Waals surface area (Å²) < 4.78 is 5.41. The van der Waals surface area contributed by atoms with Crippen molar-refractivity contribution in [3.05, 3.63) is 47.0 Å². The lowest BCUT2D eigenvalue weighted by Crippen LogP contribution is -2.53. The minimum atomic E-state index is -0.684. The molecule has 6 nitrogen and oxygen atoms in total. The molecule has 4 rings (SSSR count). The third-order valence-corrected chi connectivity index (χ3v) is 7.12. The zero-order valence-corrected chi connectivity index (χ0v) is 16.8. The first-order chi connectivity index (χ1) is 13.6. The zero-order chi connectivity index (χ0) is 19.6. The second-order valence-corrected chi connectivity index (χ2v) is 8.75. The number of hydrogen-bond donors (Lipinski definition) is 2. The van der Waals surface area contributed by atoms with Gasteiger partial charge in [0.2, 0.25) is 5.91 Å². The quantitative estimate of drug-likeness (QED) is 0.821. The number of thiazole rings is 1. The highest BCUT2D eigenvalue weighted by atomic mass is 32.1. The molecule has 7 heteroatoms. The Morgan fingerprint density at radius 3 is 2.43 bits per heavy atom. The minimum Gasteiger partial charge on any atom is -0.395 e. The van der Waals surface area contributed by atoms with E-state index in [1.807, 2.05) is 28.5 Å². The number of nitrogens with two attached hydrogens (primary N) is 1. The number of aromatic nitrogens is 1. The molecular weight excluding hydrogens is 374 g/mol. The number of anilines is 1. The third kappa shape index (κ3) is 3.32. The van der Waals surface area contributed by atoms with E-state index in [2.05, 4.69) is 17.1 Å². The number of ether oxygens (including phenoxy) is 1. The van der Waals surface area contributed by atoms with Crippen molar-refractivity contribution in [1.29, 1.82) is 0 Å². The number of nitrogen functional groups attached to an aromatic ring is 1. The number of carbonyl (C=O) groups is 1. The number of likely N-dealkylation sites (tertiary alicyclic amines) is 1. The average molecular weight is 402 g/mol. The SMILES string of the molecule is Nc1nc(C2(c3ccccc3)CCN(C(=O)C3(CO)CCOCC3)CC2)cs1. The van der Waals surface area contributed by atoms with Gasteiger partial charge in [0.15, 0.2) is 5.13 Å². The van der Waals surface area contributed by atoms with Gasteiger partial charge in [-0.15, -0.1) is 11.3 Å². The number of piperidine rings is 1. The van der Waals surface area contributed by atoms with Gasteiger partial charge >= 0.3 is 0 Å². The molecular formula is C21H27N3O3S. The van der Waals surface area contributed by atoms with Crippen molar-refractivity contribution in [3.63, 3.8) is 0 Å². The molecule has 2 fully saturated rings. The lowest BCUT2D eigenvalue weighted by atomic mass is 9.70. The molecule has 0 radical (unpaired) electrons. The molecule has 0 unspecified atom stereocenters. The van der Waals surface area contributed by atoms with Crippen molar-refractivity contribution in [2.45, 2.75) is 31.1 Å². The topological polar surface area (TPSA) is 88.7 Å². The maximum absolute atomic E-state index is 13.3. The molecule has 2 aliphatic rings. The van der Waals surface area contributed by atoms with Crippen LogP contribution in [-0.2, 0) is 14.9 Å². The summed E-state index contributed by atoms with van der Waals surface area (Å²) in [4.78, 5) is 19.8. The normalized spacial score (nSPS) is 21.4. The molecule has 150 valence electrons. The highest BCUT2D eigenvalue weighted by Crippen LogP contribution is 2.43. The van der Waals surface area contributed by atoms with Crippen molar-refractivity contribution in [3.8, 4) is 0 Å². The number of aliphatic hydroxyl groups is 1. The Labute approximate surface area is 169 Å². The summed E-state index contributed by atoms with van der Waals surface area (Å²) in [6.45, 7) is 2.25. The van der Waals surface area contributed by atoms with Crippen LogP contribution in [0.4, 0.5) is 5.13 Å². The van der Waals surface area contributed by atoms with Gasteiger partial charge in [0.05, 0.1) is 17.7 Å². The van der Waals surface area contributed by atoms with E-state index < -0.39 is 5.41 Å². The van der Waals surface area contributed by atoms with E-state index in [-0.39, 0.29) is 17.9 Å². The van der Waals surface area contributed by atoms with E-state index in [1.54, 1.807) is 0 Å². The first-order valence-electron chi connectivity index (χ1n) is 9.85. The molecule has 1 aromatic carbocycles. The molecule has 1 amide bonds. The summed E-state index contributed by atoms with van der Waals surface area (Å²) in [5, 5.41) is 12.6. The number of aliphatic hydroxyl groups excluding tert-OH is 1. The number of nitrogens with zero attached hydrogens (tertiary/aromatic N) is 2. The van der Waals surface area contributed by atoms with Gasteiger partial charge in [-0.2, -0.15) is 0 Å². The Bertz CT molecular complexity index is 809. The molecule has 0 aliphatic carbocycles. The van der Waals surface area contributed by atoms with Gasteiger partial charge in [-0.1, -0.05) is 30.3 Å². The molecule has 0 spiro atoms. The first kappa shape index (κ1) is 19.4. The Morgan fingerprint density at radius 2 is 1.86 bits per heavy atom. The minimum absolute atomic E-state index is 0.0674. The predicted molar refractivity (Wildman–Crippen MR) is 109 cm³/mol. The number of carbonyl (C=O) groups excluding carboxylic acids is 1. The maximum Gasteiger partial charge on any atom is 0.231 e. The van der Waals surface area contributed by atoms with Gasteiger partial charge in [0.1, 0.15) is 0 Å². The van der Waals surface area contributed by atoms with Crippen LogP contribution in [0.15, 0.2) is 35.7 Å². The summed E-state index contributed by atoms with van der Waals surface area (Å²) in [5.41, 5.74) is 7.24. The van der Waals surface area contributed by atoms with Crippen molar-refractivity contribution in [1.82, 2.24) is 9.88 Å². The molecule has 0 saturated carbocycles. The van der Waals surface area contributed by atoms with Gasteiger partial charge in [0, 0.05) is 37.1 Å². The molecule has 2 saturated heterocycles. The first-order valence-corrected chi connectivity index (χ1v) is 10.7. The molecule has 2 aliphatic heterocycles.